The average molecular weight is 265 g/mol. The van der Waals surface area contributed by atoms with Crippen molar-refractivity contribution in [2.45, 2.75) is 6.92 Å². The quantitative estimate of drug-likeness (QED) is 0.527. The van der Waals surface area contributed by atoms with E-state index in [9.17, 15) is 0 Å². The van der Waals surface area contributed by atoms with Crippen molar-refractivity contribution in [2.24, 2.45) is 0 Å². The lowest BCUT2D eigenvalue weighted by Crippen LogP contribution is -2.47. The van der Waals surface area contributed by atoms with Gasteiger partial charge in [0, 0.05) is 51.2 Å². The van der Waals surface area contributed by atoms with Crippen LogP contribution < -0.4 is 0 Å². The minimum Gasteiger partial charge on any atom is -0.380 e. The highest BCUT2D eigenvalue weighted by molar-refractivity contribution is 9.09. The molecule has 4 heteroatoms. The fourth-order valence-electron chi connectivity index (χ4n) is 1.69. The molecule has 0 saturated carbocycles. The molecule has 1 saturated heterocycles. The number of ether oxygens (including phenoxy) is 1. The Morgan fingerprint density at radius 2 is 1.64 bits per heavy atom. The largest absolute Gasteiger partial charge is 0.380 e. The van der Waals surface area contributed by atoms with Crippen LogP contribution in [0.25, 0.3) is 0 Å². The molecule has 0 atom stereocenters. The number of hydrogen-bond acceptors (Lipinski definition) is 3. The van der Waals surface area contributed by atoms with Gasteiger partial charge < -0.3 is 4.74 Å². The van der Waals surface area contributed by atoms with Gasteiger partial charge in [-0.15, -0.1) is 0 Å². The summed E-state index contributed by atoms with van der Waals surface area (Å²) in [5.74, 6) is 0. The van der Waals surface area contributed by atoms with Crippen LogP contribution in [0.5, 0.6) is 0 Å². The van der Waals surface area contributed by atoms with E-state index in [1.165, 1.54) is 32.7 Å². The van der Waals surface area contributed by atoms with Gasteiger partial charge in [-0.05, 0) is 6.92 Å². The number of hydrogen-bond donors (Lipinski definition) is 0. The highest BCUT2D eigenvalue weighted by Crippen LogP contribution is 2.01. The predicted octanol–water partition coefficient (Wildman–Crippen LogP) is 1.04. The van der Waals surface area contributed by atoms with Gasteiger partial charge in [0.15, 0.2) is 0 Å². The van der Waals surface area contributed by atoms with Gasteiger partial charge in [0.25, 0.3) is 0 Å². The van der Waals surface area contributed by atoms with Crippen LogP contribution in [0.15, 0.2) is 0 Å². The van der Waals surface area contributed by atoms with E-state index in [0.29, 0.717) is 0 Å². The second kappa shape index (κ2) is 7.63. The Hall–Kier alpha value is 0.360. The molecule has 84 valence electrons. The van der Waals surface area contributed by atoms with Crippen LogP contribution >= 0.6 is 15.9 Å². The lowest BCUT2D eigenvalue weighted by Gasteiger charge is -2.34. The number of piperazine rings is 1. The second-order valence-electron chi connectivity index (χ2n) is 3.57. The molecule has 1 aliphatic heterocycles. The van der Waals surface area contributed by atoms with E-state index < -0.39 is 0 Å². The monoisotopic (exact) mass is 264 g/mol. The number of nitrogens with zero attached hydrogens (tertiary/aromatic N) is 2. The van der Waals surface area contributed by atoms with Gasteiger partial charge in [-0.2, -0.15) is 0 Å². The molecule has 0 radical (unpaired) electrons. The molecule has 0 aromatic carbocycles. The minimum atomic E-state index is 0.837. The zero-order valence-corrected chi connectivity index (χ0v) is 10.6. The van der Waals surface area contributed by atoms with E-state index in [1.54, 1.807) is 0 Å². The number of rotatable bonds is 6. The van der Waals surface area contributed by atoms with E-state index in [2.05, 4.69) is 25.7 Å². The summed E-state index contributed by atoms with van der Waals surface area (Å²) in [6.07, 6.45) is 0. The summed E-state index contributed by atoms with van der Waals surface area (Å²) in [6.45, 7) is 10.8. The Morgan fingerprint density at radius 3 is 2.14 bits per heavy atom. The molecule has 1 aliphatic rings. The van der Waals surface area contributed by atoms with Crippen molar-refractivity contribution in [1.82, 2.24) is 9.80 Å². The summed E-state index contributed by atoms with van der Waals surface area (Å²) in [7, 11) is 0. The molecule has 0 N–H and O–H groups in total. The Bertz CT molecular complexity index is 138. The molecular weight excluding hydrogens is 244 g/mol. The summed E-state index contributed by atoms with van der Waals surface area (Å²) in [5, 5.41) is 1.09. The van der Waals surface area contributed by atoms with Crippen LogP contribution in [0.3, 0.4) is 0 Å². The Labute approximate surface area is 95.5 Å². The maximum atomic E-state index is 5.35. The highest BCUT2D eigenvalue weighted by atomic mass is 79.9. The third-order valence-corrected chi connectivity index (χ3v) is 2.98. The van der Waals surface area contributed by atoms with Gasteiger partial charge in [-0.3, -0.25) is 9.80 Å². The predicted molar refractivity (Wildman–Crippen MR) is 63.2 cm³/mol. The van der Waals surface area contributed by atoms with Crippen molar-refractivity contribution in [1.29, 1.82) is 0 Å². The number of alkyl halides is 1. The third kappa shape index (κ3) is 4.73. The molecule has 14 heavy (non-hydrogen) atoms. The summed E-state index contributed by atoms with van der Waals surface area (Å²) in [5.41, 5.74) is 0. The molecule has 1 fully saturated rings. The maximum absolute atomic E-state index is 5.35. The standard InChI is InChI=1S/C10H21BrN2O/c1-2-14-10-9-13-7-5-12(4-3-11)6-8-13/h2-10H2,1H3. The van der Waals surface area contributed by atoms with Crippen molar-refractivity contribution >= 4 is 15.9 Å². The molecule has 0 bridgehead atoms. The minimum absolute atomic E-state index is 0.837. The van der Waals surface area contributed by atoms with Gasteiger partial charge >= 0.3 is 0 Å². The normalized spacial score (nSPS) is 20.1. The second-order valence-corrected chi connectivity index (χ2v) is 4.36. The van der Waals surface area contributed by atoms with Crippen molar-refractivity contribution in [2.75, 3.05) is 57.8 Å². The SMILES string of the molecule is CCOCCN1CCN(CCBr)CC1. The van der Waals surface area contributed by atoms with Crippen molar-refractivity contribution in [3.8, 4) is 0 Å². The highest BCUT2D eigenvalue weighted by Gasteiger charge is 2.15. The molecule has 3 nitrogen and oxygen atoms in total. The molecule has 0 aliphatic carbocycles. The van der Waals surface area contributed by atoms with E-state index >= 15 is 0 Å². The summed E-state index contributed by atoms with van der Waals surface area (Å²) in [4.78, 5) is 4.99. The Morgan fingerprint density at radius 1 is 1.07 bits per heavy atom. The first-order valence-corrected chi connectivity index (χ1v) is 6.57. The van der Waals surface area contributed by atoms with Crippen LogP contribution in [0.1, 0.15) is 6.92 Å². The van der Waals surface area contributed by atoms with Crippen LogP contribution in [0.2, 0.25) is 0 Å². The van der Waals surface area contributed by atoms with Gasteiger partial charge in [-0.1, -0.05) is 15.9 Å². The first-order chi connectivity index (χ1) is 6.86. The van der Waals surface area contributed by atoms with E-state index in [4.69, 9.17) is 4.74 Å². The van der Waals surface area contributed by atoms with Crippen molar-refractivity contribution < 1.29 is 4.74 Å². The molecule has 0 aromatic rings. The number of halogens is 1. The van der Waals surface area contributed by atoms with Gasteiger partial charge in [0.2, 0.25) is 0 Å². The topological polar surface area (TPSA) is 15.7 Å². The van der Waals surface area contributed by atoms with Crippen LogP contribution in [0.4, 0.5) is 0 Å². The molecule has 0 unspecified atom stereocenters. The zero-order valence-electron chi connectivity index (χ0n) is 9.04. The molecule has 0 aromatic heterocycles. The van der Waals surface area contributed by atoms with Gasteiger partial charge in [0.05, 0.1) is 6.61 Å². The Balaban J connectivity index is 2.03. The average Bonchev–Trinajstić information content (AvgIpc) is 2.21. The fraction of sp³-hybridized carbons (Fsp3) is 1.00. The molecule has 0 amide bonds. The van der Waals surface area contributed by atoms with Crippen molar-refractivity contribution in [3.05, 3.63) is 0 Å². The van der Waals surface area contributed by atoms with Crippen LogP contribution in [0, 0.1) is 0 Å². The molecular formula is C10H21BrN2O. The first kappa shape index (κ1) is 12.4. The zero-order chi connectivity index (χ0) is 10.2. The summed E-state index contributed by atoms with van der Waals surface area (Å²) < 4.78 is 5.35. The van der Waals surface area contributed by atoms with Crippen LogP contribution in [-0.2, 0) is 4.74 Å². The maximum Gasteiger partial charge on any atom is 0.0593 e. The first-order valence-electron chi connectivity index (χ1n) is 5.45. The molecule has 0 spiro atoms. The lowest BCUT2D eigenvalue weighted by molar-refractivity contribution is 0.0830. The smallest absolute Gasteiger partial charge is 0.0593 e. The fourth-order valence-corrected chi connectivity index (χ4v) is 2.20. The lowest BCUT2D eigenvalue weighted by atomic mass is 10.3. The van der Waals surface area contributed by atoms with E-state index in [1.807, 2.05) is 6.92 Å². The Kier molecular flexibility index (Phi) is 6.77. The summed E-state index contributed by atoms with van der Waals surface area (Å²) >= 11 is 3.48. The van der Waals surface area contributed by atoms with E-state index in [-0.39, 0.29) is 0 Å². The molecule has 1 heterocycles. The van der Waals surface area contributed by atoms with Crippen molar-refractivity contribution in [3.63, 3.8) is 0 Å². The van der Waals surface area contributed by atoms with Crippen LogP contribution in [-0.4, -0.2) is 67.6 Å². The third-order valence-electron chi connectivity index (χ3n) is 2.62. The molecule has 1 rings (SSSR count). The van der Waals surface area contributed by atoms with Gasteiger partial charge in [0.1, 0.15) is 0 Å². The summed E-state index contributed by atoms with van der Waals surface area (Å²) in [6, 6.07) is 0. The van der Waals surface area contributed by atoms with E-state index in [0.717, 1.165) is 25.1 Å². The van der Waals surface area contributed by atoms with Gasteiger partial charge in [-0.25, -0.2) is 0 Å².